The van der Waals surface area contributed by atoms with Gasteiger partial charge in [-0.2, -0.15) is 0 Å². The van der Waals surface area contributed by atoms with Crippen molar-refractivity contribution in [1.82, 2.24) is 15.5 Å². The Morgan fingerprint density at radius 2 is 2.12 bits per heavy atom. The van der Waals surface area contributed by atoms with Crippen molar-refractivity contribution in [1.29, 1.82) is 0 Å². The normalized spacial score (nSPS) is 29.4. The molecule has 0 amide bonds. The lowest BCUT2D eigenvalue weighted by atomic mass is 10.1. The number of hydrogen-bond acceptors (Lipinski definition) is 3. The Bertz CT molecular complexity index is 184. The zero-order valence-corrected chi connectivity index (χ0v) is 10.7. The summed E-state index contributed by atoms with van der Waals surface area (Å²) < 4.78 is 0. The second kappa shape index (κ2) is 6.58. The number of hydrogen-bond donors (Lipinski definition) is 2. The summed E-state index contributed by atoms with van der Waals surface area (Å²) in [7, 11) is 0. The van der Waals surface area contributed by atoms with E-state index in [-0.39, 0.29) is 0 Å². The van der Waals surface area contributed by atoms with Crippen LogP contribution >= 0.6 is 0 Å². The van der Waals surface area contributed by atoms with Crippen molar-refractivity contribution in [2.24, 2.45) is 5.92 Å². The summed E-state index contributed by atoms with van der Waals surface area (Å²) >= 11 is 0. The lowest BCUT2D eigenvalue weighted by Gasteiger charge is -2.29. The van der Waals surface area contributed by atoms with Gasteiger partial charge < -0.3 is 15.5 Å². The fourth-order valence-electron chi connectivity index (χ4n) is 2.84. The monoisotopic (exact) mass is 225 g/mol. The zero-order chi connectivity index (χ0) is 11.2. The van der Waals surface area contributed by atoms with Gasteiger partial charge in [-0.05, 0) is 51.4 Å². The molecule has 2 atom stereocenters. The minimum atomic E-state index is 0.726. The quantitative estimate of drug-likeness (QED) is 0.732. The van der Waals surface area contributed by atoms with E-state index >= 15 is 0 Å². The fourth-order valence-corrected chi connectivity index (χ4v) is 2.84. The van der Waals surface area contributed by atoms with Crippen LogP contribution in [-0.4, -0.2) is 50.2 Å². The van der Waals surface area contributed by atoms with Crippen LogP contribution in [0.25, 0.3) is 0 Å². The Morgan fingerprint density at radius 1 is 1.31 bits per heavy atom. The lowest BCUT2D eigenvalue weighted by molar-refractivity contribution is 0.197. The van der Waals surface area contributed by atoms with Crippen LogP contribution in [0.5, 0.6) is 0 Å². The highest BCUT2D eigenvalue weighted by Crippen LogP contribution is 2.10. The minimum absolute atomic E-state index is 0.726. The first kappa shape index (κ1) is 12.3. The topological polar surface area (TPSA) is 27.3 Å². The molecular weight excluding hydrogens is 198 g/mol. The van der Waals surface area contributed by atoms with Crippen LogP contribution in [-0.2, 0) is 0 Å². The summed E-state index contributed by atoms with van der Waals surface area (Å²) in [6.07, 6.45) is 5.56. The minimum Gasteiger partial charge on any atom is -0.315 e. The van der Waals surface area contributed by atoms with Gasteiger partial charge in [0.25, 0.3) is 0 Å². The molecule has 2 fully saturated rings. The van der Waals surface area contributed by atoms with Gasteiger partial charge in [0.1, 0.15) is 0 Å². The highest BCUT2D eigenvalue weighted by Gasteiger charge is 2.16. The van der Waals surface area contributed by atoms with Crippen molar-refractivity contribution in [3.63, 3.8) is 0 Å². The average Bonchev–Trinajstić information content (AvgIpc) is 2.81. The van der Waals surface area contributed by atoms with E-state index in [9.17, 15) is 0 Å². The molecule has 2 saturated heterocycles. The van der Waals surface area contributed by atoms with Crippen molar-refractivity contribution in [2.45, 2.75) is 38.6 Å². The Balaban J connectivity index is 1.57. The van der Waals surface area contributed by atoms with E-state index in [1.807, 2.05) is 0 Å². The van der Waals surface area contributed by atoms with Gasteiger partial charge in [-0.1, -0.05) is 13.3 Å². The molecule has 94 valence electrons. The van der Waals surface area contributed by atoms with Gasteiger partial charge in [-0.25, -0.2) is 0 Å². The molecule has 0 radical (unpaired) electrons. The first-order chi connectivity index (χ1) is 7.84. The molecule has 0 saturated carbocycles. The standard InChI is InChI=1S/C13H27N3/c1-12(9-15-13-5-6-14-10-13)11-16-7-3-2-4-8-16/h12-15H,2-11H2,1H3. The Labute approximate surface area is 100.0 Å². The van der Waals surface area contributed by atoms with Crippen LogP contribution in [0.1, 0.15) is 32.6 Å². The van der Waals surface area contributed by atoms with Gasteiger partial charge in [0.05, 0.1) is 0 Å². The summed E-state index contributed by atoms with van der Waals surface area (Å²) in [5, 5.41) is 7.09. The highest BCUT2D eigenvalue weighted by atomic mass is 15.1. The maximum absolute atomic E-state index is 3.68. The lowest BCUT2D eigenvalue weighted by Crippen LogP contribution is -2.39. The molecule has 2 aliphatic heterocycles. The van der Waals surface area contributed by atoms with Gasteiger partial charge >= 0.3 is 0 Å². The maximum Gasteiger partial charge on any atom is 0.0204 e. The van der Waals surface area contributed by atoms with Crippen LogP contribution in [0.15, 0.2) is 0 Å². The molecule has 16 heavy (non-hydrogen) atoms. The largest absolute Gasteiger partial charge is 0.315 e. The second-order valence-electron chi connectivity index (χ2n) is 5.56. The summed E-state index contributed by atoms with van der Waals surface area (Å²) in [4.78, 5) is 2.64. The Morgan fingerprint density at radius 3 is 2.81 bits per heavy atom. The number of rotatable bonds is 5. The van der Waals surface area contributed by atoms with E-state index in [1.165, 1.54) is 58.4 Å². The molecule has 2 aliphatic rings. The van der Waals surface area contributed by atoms with E-state index in [4.69, 9.17) is 0 Å². The van der Waals surface area contributed by atoms with Crippen LogP contribution in [0.3, 0.4) is 0 Å². The van der Waals surface area contributed by atoms with Crippen LogP contribution < -0.4 is 10.6 Å². The number of nitrogens with one attached hydrogen (secondary N) is 2. The van der Waals surface area contributed by atoms with E-state index in [0.29, 0.717) is 0 Å². The molecule has 0 aliphatic carbocycles. The van der Waals surface area contributed by atoms with Crippen molar-refractivity contribution in [2.75, 3.05) is 39.3 Å². The van der Waals surface area contributed by atoms with Crippen molar-refractivity contribution in [3.05, 3.63) is 0 Å². The number of piperidine rings is 1. The fraction of sp³-hybridized carbons (Fsp3) is 1.00. The van der Waals surface area contributed by atoms with E-state index in [1.54, 1.807) is 0 Å². The van der Waals surface area contributed by atoms with Crippen molar-refractivity contribution in [3.8, 4) is 0 Å². The second-order valence-corrected chi connectivity index (χ2v) is 5.56. The summed E-state index contributed by atoms with van der Waals surface area (Å²) in [5.74, 6) is 0.790. The van der Waals surface area contributed by atoms with Gasteiger partial charge in [0.2, 0.25) is 0 Å². The predicted octanol–water partition coefficient (Wildman–Crippen LogP) is 1.06. The smallest absolute Gasteiger partial charge is 0.0204 e. The highest BCUT2D eigenvalue weighted by molar-refractivity contribution is 4.78. The Hall–Kier alpha value is -0.120. The molecule has 2 unspecified atom stereocenters. The van der Waals surface area contributed by atoms with Gasteiger partial charge in [-0.3, -0.25) is 0 Å². The predicted molar refractivity (Wildman–Crippen MR) is 68.7 cm³/mol. The molecule has 3 nitrogen and oxygen atoms in total. The summed E-state index contributed by atoms with van der Waals surface area (Å²) in [6, 6.07) is 0.726. The molecule has 3 heteroatoms. The first-order valence-corrected chi connectivity index (χ1v) is 7.01. The molecule has 0 bridgehead atoms. The molecule has 0 aromatic rings. The van der Waals surface area contributed by atoms with E-state index in [0.717, 1.165) is 18.5 Å². The van der Waals surface area contributed by atoms with Gasteiger partial charge in [0.15, 0.2) is 0 Å². The van der Waals surface area contributed by atoms with E-state index < -0.39 is 0 Å². The molecular formula is C13H27N3. The third-order valence-electron chi connectivity index (χ3n) is 3.83. The molecule has 2 rings (SSSR count). The molecule has 2 heterocycles. The van der Waals surface area contributed by atoms with Crippen molar-refractivity contribution >= 4 is 0 Å². The molecule has 0 aromatic heterocycles. The number of nitrogens with zero attached hydrogens (tertiary/aromatic N) is 1. The van der Waals surface area contributed by atoms with E-state index in [2.05, 4.69) is 22.5 Å². The van der Waals surface area contributed by atoms with Crippen molar-refractivity contribution < 1.29 is 0 Å². The van der Waals surface area contributed by atoms with Crippen LogP contribution in [0.2, 0.25) is 0 Å². The average molecular weight is 225 g/mol. The van der Waals surface area contributed by atoms with Crippen LogP contribution in [0.4, 0.5) is 0 Å². The number of likely N-dealkylation sites (tertiary alicyclic amines) is 1. The van der Waals surface area contributed by atoms with Gasteiger partial charge in [-0.15, -0.1) is 0 Å². The Kier molecular flexibility index (Phi) is 5.07. The SMILES string of the molecule is CC(CNC1CCNC1)CN1CCCCC1. The summed E-state index contributed by atoms with van der Waals surface area (Å²) in [5.41, 5.74) is 0. The third kappa shape index (κ3) is 4.04. The maximum atomic E-state index is 3.68. The molecule has 0 spiro atoms. The molecule has 2 N–H and O–H groups in total. The zero-order valence-electron chi connectivity index (χ0n) is 10.7. The van der Waals surface area contributed by atoms with Crippen LogP contribution in [0, 0.1) is 5.92 Å². The van der Waals surface area contributed by atoms with Gasteiger partial charge in [0, 0.05) is 19.1 Å². The molecule has 0 aromatic carbocycles. The summed E-state index contributed by atoms with van der Waals surface area (Å²) in [6.45, 7) is 9.86. The third-order valence-corrected chi connectivity index (χ3v) is 3.83. The first-order valence-electron chi connectivity index (χ1n) is 7.01.